The van der Waals surface area contributed by atoms with Gasteiger partial charge in [0, 0.05) is 6.54 Å². The number of carbonyl (C=O) groups is 2. The fraction of sp³-hybridized carbons (Fsp3) is 0.429. The first-order chi connectivity index (χ1) is 9.28. The molecule has 0 spiro atoms. The van der Waals surface area contributed by atoms with Crippen LogP contribution in [-0.2, 0) is 4.74 Å². The van der Waals surface area contributed by atoms with Gasteiger partial charge in [-0.2, -0.15) is 0 Å². The number of hydrogen-bond acceptors (Lipinski definition) is 3. The van der Waals surface area contributed by atoms with Crippen LogP contribution in [0.15, 0.2) is 30.3 Å². The standard InChI is InChI=1S/C14H21N3O3/c1-14(2,3)20-13(19)17-11(9-16-12(15)18)10-7-5-4-6-8-10/h4-8,11H,9H2,1-3H3,(H,17,19)(H3,15,16,18)/t11-/m0/s1. The third-order valence-corrected chi connectivity index (χ3v) is 2.37. The molecule has 0 unspecified atom stereocenters. The third-order valence-electron chi connectivity index (χ3n) is 2.37. The summed E-state index contributed by atoms with van der Waals surface area (Å²) >= 11 is 0. The van der Waals surface area contributed by atoms with Gasteiger partial charge in [-0.1, -0.05) is 30.3 Å². The summed E-state index contributed by atoms with van der Waals surface area (Å²) in [6, 6.07) is 8.23. The zero-order valence-electron chi connectivity index (χ0n) is 12.0. The summed E-state index contributed by atoms with van der Waals surface area (Å²) in [4.78, 5) is 22.6. The predicted octanol–water partition coefficient (Wildman–Crippen LogP) is 1.92. The molecule has 4 N–H and O–H groups in total. The quantitative estimate of drug-likeness (QED) is 0.786. The first-order valence-electron chi connectivity index (χ1n) is 6.36. The van der Waals surface area contributed by atoms with Crippen molar-refractivity contribution in [2.75, 3.05) is 6.54 Å². The summed E-state index contributed by atoms with van der Waals surface area (Å²) in [5, 5.41) is 5.19. The maximum Gasteiger partial charge on any atom is 0.408 e. The van der Waals surface area contributed by atoms with E-state index in [4.69, 9.17) is 10.5 Å². The summed E-state index contributed by atoms with van der Waals surface area (Å²) in [5.41, 5.74) is 5.33. The van der Waals surface area contributed by atoms with Crippen LogP contribution in [0.4, 0.5) is 9.59 Å². The minimum absolute atomic E-state index is 0.193. The molecule has 1 aromatic rings. The zero-order chi connectivity index (χ0) is 15.2. The topological polar surface area (TPSA) is 93.4 Å². The molecule has 0 saturated heterocycles. The van der Waals surface area contributed by atoms with Crippen LogP contribution < -0.4 is 16.4 Å². The van der Waals surface area contributed by atoms with Gasteiger partial charge in [0.2, 0.25) is 0 Å². The molecule has 1 atom stereocenters. The number of benzene rings is 1. The second kappa shape index (κ2) is 6.79. The number of urea groups is 1. The van der Waals surface area contributed by atoms with Crippen LogP contribution in [0.3, 0.4) is 0 Å². The number of nitrogens with two attached hydrogens (primary N) is 1. The highest BCUT2D eigenvalue weighted by Gasteiger charge is 2.20. The van der Waals surface area contributed by atoms with Crippen molar-refractivity contribution in [2.45, 2.75) is 32.4 Å². The Hall–Kier alpha value is -2.24. The lowest BCUT2D eigenvalue weighted by Crippen LogP contribution is -2.41. The maximum absolute atomic E-state index is 11.8. The smallest absolute Gasteiger partial charge is 0.408 e. The Labute approximate surface area is 118 Å². The molecule has 3 amide bonds. The van der Waals surface area contributed by atoms with Crippen LogP contribution in [0.2, 0.25) is 0 Å². The highest BCUT2D eigenvalue weighted by atomic mass is 16.6. The highest BCUT2D eigenvalue weighted by molar-refractivity contribution is 5.72. The van der Waals surface area contributed by atoms with Gasteiger partial charge in [-0.3, -0.25) is 0 Å². The van der Waals surface area contributed by atoms with Crippen molar-refractivity contribution in [3.63, 3.8) is 0 Å². The number of rotatable bonds is 4. The van der Waals surface area contributed by atoms with Gasteiger partial charge < -0.3 is 21.1 Å². The number of ether oxygens (including phenoxy) is 1. The van der Waals surface area contributed by atoms with E-state index in [1.165, 1.54) is 0 Å². The third kappa shape index (κ3) is 6.08. The molecule has 1 rings (SSSR count). The van der Waals surface area contributed by atoms with Crippen LogP contribution in [0.25, 0.3) is 0 Å². The van der Waals surface area contributed by atoms with Crippen LogP contribution in [-0.4, -0.2) is 24.3 Å². The number of alkyl carbamates (subject to hydrolysis) is 1. The average Bonchev–Trinajstić information content (AvgIpc) is 2.33. The van der Waals surface area contributed by atoms with Gasteiger partial charge in [0.15, 0.2) is 0 Å². The average molecular weight is 279 g/mol. The molecule has 0 aliphatic carbocycles. The number of carbonyl (C=O) groups excluding carboxylic acids is 2. The van der Waals surface area contributed by atoms with E-state index in [9.17, 15) is 9.59 Å². The minimum Gasteiger partial charge on any atom is -0.444 e. The first-order valence-corrected chi connectivity index (χ1v) is 6.36. The molecule has 110 valence electrons. The van der Waals surface area contributed by atoms with Crippen molar-refractivity contribution < 1.29 is 14.3 Å². The molecule has 0 bridgehead atoms. The Morgan fingerprint density at radius 2 is 1.85 bits per heavy atom. The summed E-state index contributed by atoms with van der Waals surface area (Å²) in [6.45, 7) is 5.54. The van der Waals surface area contributed by atoms with E-state index in [0.29, 0.717) is 0 Å². The Kier molecular flexibility index (Phi) is 5.37. The Morgan fingerprint density at radius 1 is 1.25 bits per heavy atom. The van der Waals surface area contributed by atoms with E-state index in [-0.39, 0.29) is 6.54 Å². The second-order valence-electron chi connectivity index (χ2n) is 5.35. The number of hydrogen-bond donors (Lipinski definition) is 3. The van der Waals surface area contributed by atoms with Crippen molar-refractivity contribution in [3.05, 3.63) is 35.9 Å². The van der Waals surface area contributed by atoms with Crippen molar-refractivity contribution in [3.8, 4) is 0 Å². The largest absolute Gasteiger partial charge is 0.444 e. The van der Waals surface area contributed by atoms with E-state index in [1.54, 1.807) is 20.8 Å². The molecule has 1 aromatic carbocycles. The van der Waals surface area contributed by atoms with Gasteiger partial charge in [0.25, 0.3) is 0 Å². The van der Waals surface area contributed by atoms with E-state index in [2.05, 4.69) is 10.6 Å². The predicted molar refractivity (Wildman–Crippen MR) is 76.1 cm³/mol. The molecule has 0 aliphatic rings. The summed E-state index contributed by atoms with van der Waals surface area (Å²) < 4.78 is 5.20. The van der Waals surface area contributed by atoms with Crippen molar-refractivity contribution in [1.82, 2.24) is 10.6 Å². The second-order valence-corrected chi connectivity index (χ2v) is 5.35. The molecular weight excluding hydrogens is 258 g/mol. The zero-order valence-corrected chi connectivity index (χ0v) is 12.0. The summed E-state index contributed by atoms with van der Waals surface area (Å²) in [7, 11) is 0. The molecule has 6 heteroatoms. The number of amides is 3. The summed E-state index contributed by atoms with van der Waals surface area (Å²) in [5.74, 6) is 0. The normalized spacial score (nSPS) is 12.3. The first kappa shape index (κ1) is 15.8. The Balaban J connectivity index is 2.73. The number of primary amides is 1. The van der Waals surface area contributed by atoms with Gasteiger partial charge >= 0.3 is 12.1 Å². The van der Waals surface area contributed by atoms with Crippen molar-refractivity contribution in [2.24, 2.45) is 5.73 Å². The Bertz CT molecular complexity index is 454. The Morgan fingerprint density at radius 3 is 2.35 bits per heavy atom. The lowest BCUT2D eigenvalue weighted by Gasteiger charge is -2.24. The van der Waals surface area contributed by atoms with Gasteiger partial charge in [0.05, 0.1) is 6.04 Å². The van der Waals surface area contributed by atoms with Gasteiger partial charge in [-0.15, -0.1) is 0 Å². The van der Waals surface area contributed by atoms with E-state index >= 15 is 0 Å². The summed E-state index contributed by atoms with van der Waals surface area (Å²) in [6.07, 6.45) is -0.544. The van der Waals surface area contributed by atoms with Gasteiger partial charge in [0.1, 0.15) is 5.60 Å². The van der Waals surface area contributed by atoms with E-state index < -0.39 is 23.8 Å². The van der Waals surface area contributed by atoms with Crippen LogP contribution in [0, 0.1) is 0 Å². The number of nitrogens with one attached hydrogen (secondary N) is 2. The minimum atomic E-state index is -0.642. The van der Waals surface area contributed by atoms with Crippen LogP contribution >= 0.6 is 0 Å². The molecule has 0 aromatic heterocycles. The SMILES string of the molecule is CC(C)(C)OC(=O)N[C@@H](CNC(N)=O)c1ccccc1. The fourth-order valence-corrected chi connectivity index (χ4v) is 1.59. The molecular formula is C14H21N3O3. The molecule has 0 radical (unpaired) electrons. The van der Waals surface area contributed by atoms with Crippen molar-refractivity contribution >= 4 is 12.1 Å². The van der Waals surface area contributed by atoms with E-state index in [1.807, 2.05) is 30.3 Å². The molecule has 0 aliphatic heterocycles. The molecule has 6 nitrogen and oxygen atoms in total. The monoisotopic (exact) mass is 279 g/mol. The molecule has 0 saturated carbocycles. The van der Waals surface area contributed by atoms with Gasteiger partial charge in [-0.25, -0.2) is 9.59 Å². The molecule has 20 heavy (non-hydrogen) atoms. The van der Waals surface area contributed by atoms with Crippen LogP contribution in [0.1, 0.15) is 32.4 Å². The molecule has 0 heterocycles. The maximum atomic E-state index is 11.8. The highest BCUT2D eigenvalue weighted by Crippen LogP contribution is 2.13. The lowest BCUT2D eigenvalue weighted by molar-refractivity contribution is 0.0503. The van der Waals surface area contributed by atoms with Crippen molar-refractivity contribution in [1.29, 1.82) is 0 Å². The van der Waals surface area contributed by atoms with Crippen LogP contribution in [0.5, 0.6) is 0 Å². The molecule has 0 fully saturated rings. The fourth-order valence-electron chi connectivity index (χ4n) is 1.59. The lowest BCUT2D eigenvalue weighted by atomic mass is 10.1. The van der Waals surface area contributed by atoms with E-state index in [0.717, 1.165) is 5.56 Å². The van der Waals surface area contributed by atoms with Gasteiger partial charge in [-0.05, 0) is 26.3 Å².